The van der Waals surface area contributed by atoms with Crippen molar-refractivity contribution < 1.29 is 23.4 Å². The van der Waals surface area contributed by atoms with Crippen molar-refractivity contribution in [3.05, 3.63) is 52.5 Å². The molecule has 8 heteroatoms. The van der Waals surface area contributed by atoms with E-state index in [1.807, 2.05) is 0 Å². The largest absolute Gasteiger partial charge is 0.507 e. The number of hydrogen-bond acceptors (Lipinski definition) is 4. The van der Waals surface area contributed by atoms with Gasteiger partial charge in [0.25, 0.3) is 10.0 Å². The van der Waals surface area contributed by atoms with E-state index in [0.717, 1.165) is 12.1 Å². The molecule has 0 fully saturated rings. The van der Waals surface area contributed by atoms with E-state index in [2.05, 4.69) is 20.7 Å². The van der Waals surface area contributed by atoms with Gasteiger partial charge in [-0.25, -0.2) is 13.2 Å². The monoisotopic (exact) mass is 371 g/mol. The molecule has 6 nitrogen and oxygen atoms in total. The van der Waals surface area contributed by atoms with Crippen LogP contribution in [0.3, 0.4) is 0 Å². The molecule has 0 aromatic heterocycles. The predicted molar refractivity (Wildman–Crippen MR) is 80.0 cm³/mol. The summed E-state index contributed by atoms with van der Waals surface area (Å²) in [5, 5.41) is 18.4. The van der Waals surface area contributed by atoms with Gasteiger partial charge in [0.15, 0.2) is 0 Å². The zero-order valence-corrected chi connectivity index (χ0v) is 12.8. The molecule has 0 bridgehead atoms. The van der Waals surface area contributed by atoms with Gasteiger partial charge in [0, 0.05) is 10.5 Å². The van der Waals surface area contributed by atoms with E-state index < -0.39 is 21.7 Å². The lowest BCUT2D eigenvalue weighted by Crippen LogP contribution is -2.13. The summed E-state index contributed by atoms with van der Waals surface area (Å²) in [6.45, 7) is 0. The van der Waals surface area contributed by atoms with Crippen LogP contribution in [-0.2, 0) is 10.0 Å². The highest BCUT2D eigenvalue weighted by Crippen LogP contribution is 2.26. The van der Waals surface area contributed by atoms with Crippen LogP contribution < -0.4 is 4.72 Å². The normalized spacial score (nSPS) is 11.1. The van der Waals surface area contributed by atoms with E-state index >= 15 is 0 Å². The van der Waals surface area contributed by atoms with Crippen molar-refractivity contribution in [2.75, 3.05) is 4.72 Å². The van der Waals surface area contributed by atoms with Crippen molar-refractivity contribution >= 4 is 37.6 Å². The number of anilines is 1. The maximum absolute atomic E-state index is 12.2. The maximum atomic E-state index is 12.2. The van der Waals surface area contributed by atoms with Crippen molar-refractivity contribution in [1.82, 2.24) is 0 Å². The molecule has 21 heavy (non-hydrogen) atoms. The smallest absolute Gasteiger partial charge is 0.339 e. The van der Waals surface area contributed by atoms with Crippen molar-refractivity contribution in [2.24, 2.45) is 0 Å². The summed E-state index contributed by atoms with van der Waals surface area (Å²) in [5.74, 6) is -1.82. The van der Waals surface area contributed by atoms with Gasteiger partial charge < -0.3 is 10.2 Å². The van der Waals surface area contributed by atoms with Crippen molar-refractivity contribution in [3.8, 4) is 5.75 Å². The molecule has 0 radical (unpaired) electrons. The molecule has 3 N–H and O–H groups in total. The molecule has 110 valence electrons. The number of aromatic carboxylic acids is 1. The lowest BCUT2D eigenvalue weighted by Gasteiger charge is -2.10. The summed E-state index contributed by atoms with van der Waals surface area (Å²) in [4.78, 5) is 10.8. The quantitative estimate of drug-likeness (QED) is 0.766. The van der Waals surface area contributed by atoms with Crippen LogP contribution >= 0.6 is 15.9 Å². The molecule has 0 aliphatic carbocycles. The molecule has 2 rings (SSSR count). The average Bonchev–Trinajstić information content (AvgIpc) is 2.38. The first-order chi connectivity index (χ1) is 9.81. The molecule has 0 amide bonds. The molecule has 0 heterocycles. The van der Waals surface area contributed by atoms with Gasteiger partial charge in [0.2, 0.25) is 0 Å². The third kappa shape index (κ3) is 3.34. The summed E-state index contributed by atoms with van der Waals surface area (Å²) in [5.41, 5.74) is -0.243. The van der Waals surface area contributed by atoms with Gasteiger partial charge in [-0.15, -0.1) is 0 Å². The highest BCUT2D eigenvalue weighted by Gasteiger charge is 2.18. The minimum Gasteiger partial charge on any atom is -0.507 e. The number of halogens is 1. The van der Waals surface area contributed by atoms with Crippen LogP contribution in [0.4, 0.5) is 5.69 Å². The number of sulfonamides is 1. The van der Waals surface area contributed by atoms with E-state index in [1.165, 1.54) is 12.1 Å². The van der Waals surface area contributed by atoms with Gasteiger partial charge in [-0.3, -0.25) is 4.72 Å². The number of phenols is 1. The Kier molecular flexibility index (Phi) is 4.19. The van der Waals surface area contributed by atoms with Gasteiger partial charge in [0.05, 0.1) is 5.69 Å². The summed E-state index contributed by atoms with van der Waals surface area (Å²) < 4.78 is 27.1. The van der Waals surface area contributed by atoms with Gasteiger partial charge in [-0.05, 0) is 40.2 Å². The number of carboxylic acids is 1. The summed E-state index contributed by atoms with van der Waals surface area (Å²) in [7, 11) is -3.85. The number of aromatic hydroxyl groups is 1. The number of nitrogens with one attached hydrogen (secondary N) is 1. The van der Waals surface area contributed by atoms with E-state index in [1.54, 1.807) is 18.2 Å². The fourth-order valence-electron chi connectivity index (χ4n) is 1.65. The molecular weight excluding hydrogens is 362 g/mol. The fourth-order valence-corrected chi connectivity index (χ4v) is 3.70. The van der Waals surface area contributed by atoms with Crippen LogP contribution in [0.2, 0.25) is 0 Å². The van der Waals surface area contributed by atoms with Crippen molar-refractivity contribution in [2.45, 2.75) is 4.90 Å². The Hall–Kier alpha value is -2.06. The Labute approximate surface area is 129 Å². The number of hydrogen-bond donors (Lipinski definition) is 3. The van der Waals surface area contributed by atoms with Crippen LogP contribution in [0, 0.1) is 0 Å². The van der Waals surface area contributed by atoms with Crippen molar-refractivity contribution in [1.29, 1.82) is 0 Å². The Morgan fingerprint density at radius 3 is 2.38 bits per heavy atom. The van der Waals surface area contributed by atoms with Crippen LogP contribution in [0.5, 0.6) is 5.75 Å². The summed E-state index contributed by atoms with van der Waals surface area (Å²) in [6.07, 6.45) is 0. The first-order valence-corrected chi connectivity index (χ1v) is 7.92. The van der Waals surface area contributed by atoms with Crippen LogP contribution in [0.1, 0.15) is 10.4 Å². The molecule has 0 saturated heterocycles. The number of carbonyl (C=O) groups is 1. The van der Waals surface area contributed by atoms with Crippen LogP contribution in [0.15, 0.2) is 51.8 Å². The SMILES string of the molecule is O=C(O)c1ccc(NS(=O)(=O)c2ccccc2Br)cc1O. The van der Waals surface area contributed by atoms with Gasteiger partial charge >= 0.3 is 5.97 Å². The molecule has 0 unspecified atom stereocenters. The highest BCUT2D eigenvalue weighted by atomic mass is 79.9. The van der Waals surface area contributed by atoms with E-state index in [4.69, 9.17) is 5.11 Å². The molecule has 2 aromatic rings. The van der Waals surface area contributed by atoms with Crippen LogP contribution in [0.25, 0.3) is 0 Å². The number of carboxylic acid groups (broad SMARTS) is 1. The molecule has 0 spiro atoms. The third-order valence-electron chi connectivity index (χ3n) is 2.61. The minimum absolute atomic E-state index is 0.0341. The average molecular weight is 372 g/mol. The lowest BCUT2D eigenvalue weighted by molar-refractivity contribution is 0.0694. The predicted octanol–water partition coefficient (Wildman–Crippen LogP) is 2.65. The molecule has 0 aliphatic heterocycles. The first-order valence-electron chi connectivity index (χ1n) is 5.65. The van der Waals surface area contributed by atoms with Gasteiger partial charge in [-0.1, -0.05) is 12.1 Å². The second-order valence-electron chi connectivity index (χ2n) is 4.07. The Bertz CT molecular complexity index is 804. The summed E-state index contributed by atoms with van der Waals surface area (Å²) in [6, 6.07) is 9.67. The maximum Gasteiger partial charge on any atom is 0.339 e. The van der Waals surface area contributed by atoms with E-state index in [-0.39, 0.29) is 16.1 Å². The Balaban J connectivity index is 2.36. The van der Waals surface area contributed by atoms with Gasteiger partial charge in [-0.2, -0.15) is 0 Å². The molecule has 2 aromatic carbocycles. The second kappa shape index (κ2) is 5.74. The molecule has 0 saturated carbocycles. The van der Waals surface area contributed by atoms with Crippen molar-refractivity contribution in [3.63, 3.8) is 0 Å². The zero-order chi connectivity index (χ0) is 15.6. The standard InChI is InChI=1S/C13H10BrNO5S/c14-10-3-1-2-4-12(10)21(19,20)15-8-5-6-9(13(17)18)11(16)7-8/h1-7,15-16H,(H,17,18). The first kappa shape index (κ1) is 15.3. The number of rotatable bonds is 4. The van der Waals surface area contributed by atoms with Gasteiger partial charge in [0.1, 0.15) is 16.2 Å². The van der Waals surface area contributed by atoms with E-state index in [9.17, 15) is 18.3 Å². The molecule has 0 aliphatic rings. The van der Waals surface area contributed by atoms with Crippen LogP contribution in [-0.4, -0.2) is 24.6 Å². The number of benzene rings is 2. The topological polar surface area (TPSA) is 104 Å². The minimum atomic E-state index is -3.85. The van der Waals surface area contributed by atoms with E-state index in [0.29, 0.717) is 4.47 Å². The Morgan fingerprint density at radius 2 is 1.81 bits per heavy atom. The molecule has 0 atom stereocenters. The lowest BCUT2D eigenvalue weighted by atomic mass is 10.2. The highest BCUT2D eigenvalue weighted by molar-refractivity contribution is 9.10. The third-order valence-corrected chi connectivity index (χ3v) is 5.00. The fraction of sp³-hybridized carbons (Fsp3) is 0. The molecular formula is C13H10BrNO5S. The zero-order valence-electron chi connectivity index (χ0n) is 10.4. The second-order valence-corrected chi connectivity index (χ2v) is 6.58. The Morgan fingerprint density at radius 1 is 1.14 bits per heavy atom. The summed E-state index contributed by atoms with van der Waals surface area (Å²) >= 11 is 3.14.